The van der Waals surface area contributed by atoms with E-state index >= 15 is 0 Å². The molecule has 0 saturated heterocycles. The first kappa shape index (κ1) is 16.6. The van der Waals surface area contributed by atoms with E-state index in [0.29, 0.717) is 19.6 Å². The second-order valence-electron chi connectivity index (χ2n) is 5.68. The Bertz CT molecular complexity index is 747. The molecule has 7 heteroatoms. The molecule has 2 amide bonds. The van der Waals surface area contributed by atoms with Crippen LogP contribution in [0.5, 0.6) is 0 Å². The molecule has 24 heavy (non-hydrogen) atoms. The highest BCUT2D eigenvalue weighted by atomic mass is 32.2. The number of hydrogen-bond donors (Lipinski definition) is 1. The summed E-state index contributed by atoms with van der Waals surface area (Å²) in [5, 5.41) is 6.97. The zero-order chi connectivity index (χ0) is 17.2. The molecule has 1 aliphatic rings. The summed E-state index contributed by atoms with van der Waals surface area (Å²) >= 11 is 1.32. The van der Waals surface area contributed by atoms with Gasteiger partial charge >= 0.3 is 0 Å². The Morgan fingerprint density at radius 2 is 2.12 bits per heavy atom. The molecule has 0 fully saturated rings. The first-order valence-corrected chi connectivity index (χ1v) is 8.73. The lowest BCUT2D eigenvalue weighted by atomic mass is 10.1. The van der Waals surface area contributed by atoms with Crippen LogP contribution >= 0.6 is 11.8 Å². The Labute approximate surface area is 145 Å². The van der Waals surface area contributed by atoms with Gasteiger partial charge in [0.1, 0.15) is 0 Å². The fraction of sp³-hybridized carbons (Fsp3) is 0.353. The Kier molecular flexibility index (Phi) is 4.62. The molecule has 0 saturated carbocycles. The molecule has 1 aromatic carbocycles. The summed E-state index contributed by atoms with van der Waals surface area (Å²) < 4.78 is 0.584. The molecule has 1 unspecified atom stereocenters. The maximum absolute atomic E-state index is 12.9. The summed E-state index contributed by atoms with van der Waals surface area (Å²) in [5.74, 6) is -0.442. The molecule has 0 radical (unpaired) electrons. The Morgan fingerprint density at radius 1 is 1.33 bits per heavy atom. The van der Waals surface area contributed by atoms with Crippen molar-refractivity contribution in [1.29, 1.82) is 0 Å². The number of nitrogens with one attached hydrogen (secondary N) is 1. The number of hydrogen-bond acceptors (Lipinski definition) is 4. The number of fused-ring (bicyclic) bond motifs is 1. The molecule has 1 atom stereocenters. The topological polar surface area (TPSA) is 67.2 Å². The predicted molar refractivity (Wildman–Crippen MR) is 94.0 cm³/mol. The van der Waals surface area contributed by atoms with Crippen molar-refractivity contribution in [3.63, 3.8) is 0 Å². The second-order valence-corrected chi connectivity index (χ2v) is 7.14. The van der Waals surface area contributed by atoms with Crippen molar-refractivity contribution in [3.8, 4) is 0 Å². The van der Waals surface area contributed by atoms with Gasteiger partial charge in [-0.3, -0.25) is 14.3 Å². The van der Waals surface area contributed by atoms with Gasteiger partial charge in [0.15, 0.2) is 4.75 Å². The number of carbonyl (C=O) groups is 2. The van der Waals surface area contributed by atoms with Gasteiger partial charge in [-0.2, -0.15) is 5.10 Å². The van der Waals surface area contributed by atoms with Crippen molar-refractivity contribution in [2.24, 2.45) is 0 Å². The number of amides is 2. The van der Waals surface area contributed by atoms with Crippen molar-refractivity contribution in [3.05, 3.63) is 42.7 Å². The third-order valence-corrected chi connectivity index (χ3v) is 5.39. The molecule has 3 rings (SSSR count). The first-order valence-electron chi connectivity index (χ1n) is 7.92. The zero-order valence-electron chi connectivity index (χ0n) is 13.7. The van der Waals surface area contributed by atoms with E-state index in [0.717, 1.165) is 10.6 Å². The summed E-state index contributed by atoms with van der Waals surface area (Å²) in [6.45, 7) is 5.15. The predicted octanol–water partition coefficient (Wildman–Crippen LogP) is 1.92. The van der Waals surface area contributed by atoms with E-state index in [1.165, 1.54) is 11.8 Å². The van der Waals surface area contributed by atoms with Crippen molar-refractivity contribution in [2.75, 3.05) is 18.0 Å². The zero-order valence-corrected chi connectivity index (χ0v) is 14.5. The molecule has 1 aromatic heterocycles. The quantitative estimate of drug-likeness (QED) is 0.842. The summed E-state index contributed by atoms with van der Waals surface area (Å²) in [7, 11) is 0. The Morgan fingerprint density at radius 3 is 2.83 bits per heavy atom. The summed E-state index contributed by atoms with van der Waals surface area (Å²) in [5.41, 5.74) is 0.872. The minimum atomic E-state index is -1.16. The van der Waals surface area contributed by atoms with Crippen LogP contribution in [-0.2, 0) is 16.1 Å². The van der Waals surface area contributed by atoms with Gasteiger partial charge < -0.3 is 10.2 Å². The highest BCUT2D eigenvalue weighted by Gasteiger charge is 2.48. The molecule has 0 spiro atoms. The first-order chi connectivity index (χ1) is 11.6. The second kappa shape index (κ2) is 6.68. The van der Waals surface area contributed by atoms with Gasteiger partial charge in [0.2, 0.25) is 5.91 Å². The molecule has 6 nitrogen and oxygen atoms in total. The van der Waals surface area contributed by atoms with Crippen LogP contribution in [0.15, 0.2) is 47.6 Å². The van der Waals surface area contributed by atoms with Crippen molar-refractivity contribution in [2.45, 2.75) is 30.0 Å². The molecule has 1 aliphatic heterocycles. The maximum atomic E-state index is 12.9. The van der Waals surface area contributed by atoms with Crippen LogP contribution in [-0.4, -0.2) is 39.4 Å². The van der Waals surface area contributed by atoms with Gasteiger partial charge in [-0.1, -0.05) is 23.9 Å². The normalized spacial score (nSPS) is 19.9. The van der Waals surface area contributed by atoms with Crippen LogP contribution in [0.1, 0.15) is 13.8 Å². The van der Waals surface area contributed by atoms with Gasteiger partial charge in [0, 0.05) is 30.4 Å². The van der Waals surface area contributed by atoms with Gasteiger partial charge in [0.05, 0.1) is 12.2 Å². The molecular formula is C17H20N4O2S. The molecule has 0 aliphatic carbocycles. The molecule has 0 bridgehead atoms. The van der Waals surface area contributed by atoms with E-state index in [1.54, 1.807) is 22.7 Å². The minimum Gasteiger partial charge on any atom is -0.353 e. The van der Waals surface area contributed by atoms with E-state index < -0.39 is 4.75 Å². The van der Waals surface area contributed by atoms with Gasteiger partial charge in [-0.25, -0.2) is 0 Å². The van der Waals surface area contributed by atoms with Gasteiger partial charge in [-0.05, 0) is 32.0 Å². The molecule has 1 N–H and O–H groups in total. The van der Waals surface area contributed by atoms with E-state index in [-0.39, 0.29) is 11.8 Å². The summed E-state index contributed by atoms with van der Waals surface area (Å²) in [4.78, 5) is 28.2. The van der Waals surface area contributed by atoms with Crippen LogP contribution in [0.4, 0.5) is 5.69 Å². The number of thioether (sulfide) groups is 1. The largest absolute Gasteiger partial charge is 0.353 e. The number of anilines is 1. The van der Waals surface area contributed by atoms with Crippen molar-refractivity contribution in [1.82, 2.24) is 15.1 Å². The molecular weight excluding hydrogens is 324 g/mol. The smallest absolute Gasteiger partial charge is 0.252 e. The summed E-state index contributed by atoms with van der Waals surface area (Å²) in [6, 6.07) is 9.52. The molecule has 2 aromatic rings. The van der Waals surface area contributed by atoms with Crippen LogP contribution in [0.3, 0.4) is 0 Å². The highest BCUT2D eigenvalue weighted by Crippen LogP contribution is 2.45. The van der Waals surface area contributed by atoms with Crippen LogP contribution in [0.2, 0.25) is 0 Å². The number of para-hydroxylation sites is 1. The van der Waals surface area contributed by atoms with E-state index in [9.17, 15) is 9.59 Å². The monoisotopic (exact) mass is 344 g/mol. The fourth-order valence-electron chi connectivity index (χ4n) is 2.74. The van der Waals surface area contributed by atoms with E-state index in [2.05, 4.69) is 10.4 Å². The van der Waals surface area contributed by atoms with E-state index in [4.69, 9.17) is 0 Å². The lowest BCUT2D eigenvalue weighted by molar-refractivity contribution is -0.131. The standard InChI is InChI=1S/C17H20N4O2S/c1-3-21-13-7-4-5-8-14(13)24-17(2,16(21)23)15(22)18-10-12-20-11-6-9-19-20/h4-9,11H,3,10,12H2,1-2H3,(H,18,22). The lowest BCUT2D eigenvalue weighted by Crippen LogP contribution is -2.56. The average molecular weight is 344 g/mol. The van der Waals surface area contributed by atoms with Gasteiger partial charge in [-0.15, -0.1) is 0 Å². The molecule has 126 valence electrons. The number of benzene rings is 1. The molecule has 2 heterocycles. The fourth-order valence-corrected chi connectivity index (χ4v) is 3.97. The van der Waals surface area contributed by atoms with Crippen LogP contribution in [0.25, 0.3) is 0 Å². The number of nitrogens with zero attached hydrogens (tertiary/aromatic N) is 3. The maximum Gasteiger partial charge on any atom is 0.252 e. The van der Waals surface area contributed by atoms with Crippen LogP contribution < -0.4 is 10.2 Å². The van der Waals surface area contributed by atoms with Crippen LogP contribution in [0, 0.1) is 0 Å². The minimum absolute atomic E-state index is 0.176. The van der Waals surface area contributed by atoms with Crippen molar-refractivity contribution >= 4 is 29.3 Å². The third kappa shape index (κ3) is 2.91. The van der Waals surface area contributed by atoms with Crippen molar-refractivity contribution < 1.29 is 9.59 Å². The highest BCUT2D eigenvalue weighted by molar-refractivity contribution is 8.02. The Balaban J connectivity index is 1.76. The SMILES string of the molecule is CCN1C(=O)C(C)(C(=O)NCCn2cccn2)Sc2ccccc21. The summed E-state index contributed by atoms with van der Waals surface area (Å²) in [6.07, 6.45) is 3.53. The lowest BCUT2D eigenvalue weighted by Gasteiger charge is -2.38. The average Bonchev–Trinajstić information content (AvgIpc) is 3.09. The third-order valence-electron chi connectivity index (χ3n) is 4.06. The Hall–Kier alpha value is -2.28. The van der Waals surface area contributed by atoms with E-state index in [1.807, 2.05) is 43.5 Å². The number of aromatic nitrogens is 2. The number of carbonyl (C=O) groups excluding carboxylic acids is 2. The van der Waals surface area contributed by atoms with Gasteiger partial charge in [0.25, 0.3) is 5.91 Å². The number of rotatable bonds is 5.